The normalized spacial score (nSPS) is 10.8. The van der Waals surface area contributed by atoms with Gasteiger partial charge in [0.05, 0.1) is 16.9 Å². The van der Waals surface area contributed by atoms with Gasteiger partial charge >= 0.3 is 6.03 Å². The van der Waals surface area contributed by atoms with E-state index in [4.69, 9.17) is 21.1 Å². The Morgan fingerprint density at radius 2 is 1.94 bits per heavy atom. The number of hydrogen-bond donors (Lipinski definition) is 2. The van der Waals surface area contributed by atoms with Crippen LogP contribution in [0.5, 0.6) is 11.5 Å². The molecule has 0 radical (unpaired) electrons. The van der Waals surface area contributed by atoms with Crippen LogP contribution >= 0.6 is 50.1 Å². The van der Waals surface area contributed by atoms with Gasteiger partial charge in [0.15, 0.2) is 11.5 Å². The van der Waals surface area contributed by atoms with Crippen LogP contribution in [0.2, 0.25) is 5.02 Å². The number of methoxy groups -OCH3 is 1. The quantitative estimate of drug-likeness (QED) is 0.173. The molecule has 32 heavy (non-hydrogen) atoms. The summed E-state index contributed by atoms with van der Waals surface area (Å²) >= 11 is 11.5. The zero-order chi connectivity index (χ0) is 23.1. The SMILES string of the molecule is COc1cc(/C=N\NC(=O)Nc2ccc(Br)c(C)c2)cc(I)c1OCc1ccc(Cl)cc1. The molecule has 0 aliphatic heterocycles. The third kappa shape index (κ3) is 6.85. The summed E-state index contributed by atoms with van der Waals surface area (Å²) in [7, 11) is 1.58. The van der Waals surface area contributed by atoms with Crippen molar-refractivity contribution >= 4 is 68.1 Å². The number of carbonyl (C=O) groups is 1. The zero-order valence-electron chi connectivity index (χ0n) is 17.3. The first-order valence-corrected chi connectivity index (χ1v) is 11.7. The number of carbonyl (C=O) groups excluding carboxylic acids is 1. The van der Waals surface area contributed by atoms with Crippen molar-refractivity contribution in [2.75, 3.05) is 12.4 Å². The van der Waals surface area contributed by atoms with E-state index in [1.54, 1.807) is 25.5 Å². The van der Waals surface area contributed by atoms with Gasteiger partial charge in [0.2, 0.25) is 0 Å². The van der Waals surface area contributed by atoms with E-state index in [1.807, 2.05) is 49.4 Å². The Balaban J connectivity index is 1.62. The van der Waals surface area contributed by atoms with Crippen LogP contribution < -0.4 is 20.2 Å². The summed E-state index contributed by atoms with van der Waals surface area (Å²) in [5, 5.41) is 7.43. The van der Waals surface area contributed by atoms with Crippen LogP contribution in [0.25, 0.3) is 0 Å². The van der Waals surface area contributed by atoms with Crippen molar-refractivity contribution in [2.45, 2.75) is 13.5 Å². The molecule has 0 bridgehead atoms. The van der Waals surface area contributed by atoms with Crippen molar-refractivity contribution in [2.24, 2.45) is 5.10 Å². The molecule has 0 aromatic heterocycles. The summed E-state index contributed by atoms with van der Waals surface area (Å²) in [6.07, 6.45) is 1.54. The number of benzene rings is 3. The van der Waals surface area contributed by atoms with E-state index in [9.17, 15) is 4.79 Å². The Morgan fingerprint density at radius 1 is 1.19 bits per heavy atom. The molecule has 9 heteroatoms. The highest BCUT2D eigenvalue weighted by Crippen LogP contribution is 2.34. The average Bonchev–Trinajstić information content (AvgIpc) is 2.76. The maximum atomic E-state index is 12.1. The zero-order valence-corrected chi connectivity index (χ0v) is 21.8. The van der Waals surface area contributed by atoms with Gasteiger partial charge in [-0.1, -0.05) is 39.7 Å². The fourth-order valence-corrected chi connectivity index (χ4v) is 3.89. The Hall–Kier alpha value is -2.30. The van der Waals surface area contributed by atoms with Gasteiger partial charge in [-0.2, -0.15) is 5.10 Å². The summed E-state index contributed by atoms with van der Waals surface area (Å²) in [5.74, 6) is 1.21. The van der Waals surface area contributed by atoms with Gasteiger partial charge in [0.25, 0.3) is 0 Å². The van der Waals surface area contributed by atoms with Crippen LogP contribution in [-0.4, -0.2) is 19.4 Å². The van der Waals surface area contributed by atoms with Crippen molar-refractivity contribution in [3.63, 3.8) is 0 Å². The minimum Gasteiger partial charge on any atom is -0.493 e. The minimum atomic E-state index is -0.437. The first kappa shape index (κ1) is 24.3. The second kappa shape index (κ2) is 11.5. The largest absolute Gasteiger partial charge is 0.493 e. The second-order valence-corrected chi connectivity index (χ2v) is 9.19. The van der Waals surface area contributed by atoms with E-state index in [2.05, 4.69) is 54.4 Å². The fourth-order valence-electron chi connectivity index (χ4n) is 2.74. The number of halogens is 3. The van der Waals surface area contributed by atoms with Gasteiger partial charge in [-0.05, 0) is 88.7 Å². The molecular formula is C23H20BrClIN3O3. The van der Waals surface area contributed by atoms with Gasteiger partial charge < -0.3 is 14.8 Å². The van der Waals surface area contributed by atoms with E-state index in [0.29, 0.717) is 28.8 Å². The lowest BCUT2D eigenvalue weighted by atomic mass is 10.2. The van der Waals surface area contributed by atoms with E-state index in [1.165, 1.54) is 0 Å². The number of hydrogen-bond acceptors (Lipinski definition) is 4. The fraction of sp³-hybridized carbons (Fsp3) is 0.130. The molecule has 0 saturated heterocycles. The van der Waals surface area contributed by atoms with Gasteiger partial charge in [0, 0.05) is 15.2 Å². The molecule has 3 aromatic rings. The lowest BCUT2D eigenvalue weighted by molar-refractivity contribution is 0.252. The molecule has 3 aromatic carbocycles. The average molecular weight is 629 g/mol. The van der Waals surface area contributed by atoms with Gasteiger partial charge in [-0.25, -0.2) is 10.2 Å². The van der Waals surface area contributed by atoms with Crippen molar-refractivity contribution < 1.29 is 14.3 Å². The molecular weight excluding hydrogens is 609 g/mol. The van der Waals surface area contributed by atoms with E-state index in [0.717, 1.165) is 24.7 Å². The first-order valence-electron chi connectivity index (χ1n) is 9.46. The number of anilines is 1. The number of nitrogens with one attached hydrogen (secondary N) is 2. The molecule has 0 spiro atoms. The van der Waals surface area contributed by atoms with Crippen molar-refractivity contribution in [1.29, 1.82) is 0 Å². The van der Waals surface area contributed by atoms with E-state index >= 15 is 0 Å². The van der Waals surface area contributed by atoms with Crippen molar-refractivity contribution in [3.8, 4) is 11.5 Å². The molecule has 166 valence electrons. The summed E-state index contributed by atoms with van der Waals surface area (Å²) < 4.78 is 13.3. The summed E-state index contributed by atoms with van der Waals surface area (Å²) in [4.78, 5) is 12.1. The monoisotopic (exact) mass is 627 g/mol. The number of rotatable bonds is 7. The number of nitrogens with zero attached hydrogens (tertiary/aromatic N) is 1. The molecule has 0 aliphatic carbocycles. The Labute approximate surface area is 213 Å². The summed E-state index contributed by atoms with van der Waals surface area (Å²) in [6.45, 7) is 2.33. The van der Waals surface area contributed by atoms with Crippen LogP contribution in [0.3, 0.4) is 0 Å². The highest BCUT2D eigenvalue weighted by molar-refractivity contribution is 14.1. The summed E-state index contributed by atoms with van der Waals surface area (Å²) in [5.41, 5.74) is 5.91. The maximum Gasteiger partial charge on any atom is 0.339 e. The van der Waals surface area contributed by atoms with E-state index < -0.39 is 6.03 Å². The Morgan fingerprint density at radius 3 is 2.62 bits per heavy atom. The lowest BCUT2D eigenvalue weighted by Gasteiger charge is -2.13. The van der Waals surface area contributed by atoms with Crippen LogP contribution in [0.15, 0.2) is 64.2 Å². The number of aryl methyl sites for hydroxylation is 1. The van der Waals surface area contributed by atoms with Crippen LogP contribution in [-0.2, 0) is 6.61 Å². The minimum absolute atomic E-state index is 0.383. The summed E-state index contributed by atoms with van der Waals surface area (Å²) in [6, 6.07) is 16.3. The molecule has 0 atom stereocenters. The lowest BCUT2D eigenvalue weighted by Crippen LogP contribution is -2.24. The second-order valence-electron chi connectivity index (χ2n) is 6.74. The topological polar surface area (TPSA) is 72.0 Å². The van der Waals surface area contributed by atoms with Crippen LogP contribution in [0.1, 0.15) is 16.7 Å². The third-order valence-corrected chi connectivity index (χ3v) is 6.29. The smallest absolute Gasteiger partial charge is 0.339 e. The number of urea groups is 1. The number of amides is 2. The maximum absolute atomic E-state index is 12.1. The highest BCUT2D eigenvalue weighted by Gasteiger charge is 2.12. The molecule has 0 heterocycles. The Bertz CT molecular complexity index is 1140. The highest BCUT2D eigenvalue weighted by atomic mass is 127. The molecule has 2 N–H and O–H groups in total. The van der Waals surface area contributed by atoms with Gasteiger partial charge in [0.1, 0.15) is 6.61 Å². The molecule has 3 rings (SSSR count). The number of ether oxygens (including phenoxy) is 2. The molecule has 0 saturated carbocycles. The molecule has 0 fully saturated rings. The van der Waals surface area contributed by atoms with E-state index in [-0.39, 0.29) is 0 Å². The number of hydrazone groups is 1. The van der Waals surface area contributed by atoms with Crippen LogP contribution in [0.4, 0.5) is 10.5 Å². The van der Waals surface area contributed by atoms with Gasteiger partial charge in [-0.15, -0.1) is 0 Å². The van der Waals surface area contributed by atoms with Crippen molar-refractivity contribution in [3.05, 3.63) is 84.4 Å². The van der Waals surface area contributed by atoms with Gasteiger partial charge in [-0.3, -0.25) is 0 Å². The third-order valence-electron chi connectivity index (χ3n) is 4.34. The first-order chi connectivity index (χ1) is 15.4. The molecule has 6 nitrogen and oxygen atoms in total. The molecule has 0 unspecified atom stereocenters. The van der Waals surface area contributed by atoms with Crippen LogP contribution in [0, 0.1) is 10.5 Å². The standard InChI is InChI=1S/C23H20BrClIN3O3/c1-14-9-18(7-8-19(14)24)28-23(30)29-27-12-16-10-20(26)22(21(11-16)31-2)32-13-15-3-5-17(25)6-4-15/h3-12H,13H2,1-2H3,(H2,28,29,30)/b27-12-. The predicted molar refractivity (Wildman–Crippen MR) is 140 cm³/mol. The molecule has 2 amide bonds. The Kier molecular flexibility index (Phi) is 8.77. The molecule has 0 aliphatic rings. The van der Waals surface area contributed by atoms with Crippen molar-refractivity contribution in [1.82, 2.24) is 5.43 Å². The predicted octanol–water partition coefficient (Wildman–Crippen LogP) is 6.76.